The van der Waals surface area contributed by atoms with Gasteiger partial charge < -0.3 is 4.90 Å². The molecule has 1 heterocycles. The highest BCUT2D eigenvalue weighted by Gasteiger charge is 2.21. The lowest BCUT2D eigenvalue weighted by atomic mass is 10.0. The first kappa shape index (κ1) is 12.9. The van der Waals surface area contributed by atoms with Crippen molar-refractivity contribution < 1.29 is 9.59 Å². The number of alkyl halides is 1. The van der Waals surface area contributed by atoms with E-state index in [1.807, 2.05) is 18.2 Å². The largest absolute Gasteiger partial charge is 0.324 e. The van der Waals surface area contributed by atoms with Gasteiger partial charge >= 0.3 is 6.03 Å². The van der Waals surface area contributed by atoms with Gasteiger partial charge in [-0.1, -0.05) is 24.3 Å². The van der Waals surface area contributed by atoms with Gasteiger partial charge in [0.25, 0.3) is 0 Å². The van der Waals surface area contributed by atoms with Gasteiger partial charge in [-0.2, -0.15) is 0 Å². The van der Waals surface area contributed by atoms with Gasteiger partial charge in [-0.15, -0.1) is 11.6 Å². The van der Waals surface area contributed by atoms with Crippen molar-refractivity contribution in [3.8, 4) is 0 Å². The number of nitrogens with zero attached hydrogens (tertiary/aromatic N) is 1. The number of nitrogens with one attached hydrogen (secondary N) is 1. The molecule has 5 heteroatoms. The summed E-state index contributed by atoms with van der Waals surface area (Å²) in [5.74, 6) is -0.101. The number of carbonyl (C=O) groups excluding carboxylic acids is 2. The first-order valence-corrected chi connectivity index (χ1v) is 6.45. The van der Waals surface area contributed by atoms with Crippen molar-refractivity contribution in [3.63, 3.8) is 0 Å². The molecular formula is C13H15ClN2O2. The average molecular weight is 267 g/mol. The number of urea groups is 1. The molecule has 0 bridgehead atoms. The van der Waals surface area contributed by atoms with Gasteiger partial charge in [-0.3, -0.25) is 10.1 Å². The number of hydrogen-bond donors (Lipinski definition) is 1. The normalized spacial score (nSPS) is 13.9. The minimum Gasteiger partial charge on any atom is -0.320 e. The summed E-state index contributed by atoms with van der Waals surface area (Å²) < 4.78 is 0. The van der Waals surface area contributed by atoms with E-state index in [1.54, 1.807) is 4.90 Å². The highest BCUT2D eigenvalue weighted by molar-refractivity contribution is 6.19. The fraction of sp³-hybridized carbons (Fsp3) is 0.385. The zero-order valence-electron chi connectivity index (χ0n) is 9.99. The molecule has 0 atom stereocenters. The highest BCUT2D eigenvalue weighted by Crippen LogP contribution is 2.18. The average Bonchev–Trinajstić information content (AvgIpc) is 2.38. The highest BCUT2D eigenvalue weighted by atomic mass is 35.5. The van der Waals surface area contributed by atoms with Crippen LogP contribution in [-0.4, -0.2) is 29.3 Å². The van der Waals surface area contributed by atoms with Gasteiger partial charge in [0.15, 0.2) is 0 Å². The molecule has 0 saturated carbocycles. The van der Waals surface area contributed by atoms with E-state index in [2.05, 4.69) is 11.4 Å². The Hall–Kier alpha value is -1.55. The molecule has 1 aromatic carbocycles. The Bertz CT molecular complexity index is 462. The summed E-state index contributed by atoms with van der Waals surface area (Å²) in [6, 6.07) is 7.70. The Morgan fingerprint density at radius 3 is 2.72 bits per heavy atom. The lowest BCUT2D eigenvalue weighted by Crippen LogP contribution is -2.45. The first-order valence-electron chi connectivity index (χ1n) is 5.92. The predicted octanol–water partition coefficient (Wildman–Crippen LogP) is 1.91. The van der Waals surface area contributed by atoms with Crippen molar-refractivity contribution in [2.75, 3.05) is 12.4 Å². The van der Waals surface area contributed by atoms with E-state index in [1.165, 1.54) is 5.56 Å². The van der Waals surface area contributed by atoms with Crippen LogP contribution in [0.1, 0.15) is 17.5 Å². The minimum atomic E-state index is -0.334. The van der Waals surface area contributed by atoms with Crippen LogP contribution in [0.25, 0.3) is 0 Å². The van der Waals surface area contributed by atoms with Crippen molar-refractivity contribution in [3.05, 3.63) is 35.4 Å². The second-order valence-corrected chi connectivity index (χ2v) is 4.61. The number of carbonyl (C=O) groups is 2. The maximum atomic E-state index is 11.8. The Labute approximate surface area is 111 Å². The molecule has 1 aliphatic heterocycles. The molecule has 0 radical (unpaired) electrons. The third-order valence-electron chi connectivity index (χ3n) is 2.99. The van der Waals surface area contributed by atoms with E-state index in [-0.39, 0.29) is 24.2 Å². The Morgan fingerprint density at radius 1 is 1.28 bits per heavy atom. The van der Waals surface area contributed by atoms with Crippen LogP contribution in [0, 0.1) is 0 Å². The lowest BCUT2D eigenvalue weighted by molar-refractivity contribution is -0.119. The van der Waals surface area contributed by atoms with E-state index < -0.39 is 0 Å². The van der Waals surface area contributed by atoms with E-state index in [0.717, 1.165) is 12.0 Å². The van der Waals surface area contributed by atoms with Crippen LogP contribution in [0.4, 0.5) is 4.79 Å². The second-order valence-electron chi connectivity index (χ2n) is 4.23. The first-order chi connectivity index (χ1) is 8.70. The molecular weight excluding hydrogens is 252 g/mol. The van der Waals surface area contributed by atoms with Crippen LogP contribution < -0.4 is 5.32 Å². The molecule has 2 rings (SSSR count). The summed E-state index contributed by atoms with van der Waals surface area (Å²) >= 11 is 5.45. The number of hydrogen-bond acceptors (Lipinski definition) is 2. The third-order valence-corrected chi connectivity index (χ3v) is 3.17. The second kappa shape index (κ2) is 5.87. The SMILES string of the molecule is O=C(CCCl)NC(=O)N1CCc2ccccc2C1. The molecule has 3 amide bonds. The van der Waals surface area contributed by atoms with Crippen LogP contribution in [0.15, 0.2) is 24.3 Å². The van der Waals surface area contributed by atoms with Gasteiger partial charge in [0.05, 0.1) is 0 Å². The molecule has 96 valence electrons. The van der Waals surface area contributed by atoms with Crippen LogP contribution in [0.2, 0.25) is 0 Å². The summed E-state index contributed by atoms with van der Waals surface area (Å²) in [7, 11) is 0. The molecule has 4 nitrogen and oxygen atoms in total. The summed E-state index contributed by atoms with van der Waals surface area (Å²) in [5.41, 5.74) is 2.41. The molecule has 0 spiro atoms. The van der Waals surface area contributed by atoms with Gasteiger partial charge in [0.2, 0.25) is 5.91 Å². The van der Waals surface area contributed by atoms with E-state index >= 15 is 0 Å². The predicted molar refractivity (Wildman–Crippen MR) is 69.4 cm³/mol. The monoisotopic (exact) mass is 266 g/mol. The molecule has 0 saturated heterocycles. The summed E-state index contributed by atoms with van der Waals surface area (Å²) in [5, 5.41) is 2.34. The summed E-state index contributed by atoms with van der Waals surface area (Å²) in [4.78, 5) is 24.8. The van der Waals surface area contributed by atoms with E-state index in [0.29, 0.717) is 13.1 Å². The third kappa shape index (κ3) is 3.01. The molecule has 0 unspecified atom stereocenters. The van der Waals surface area contributed by atoms with Gasteiger partial charge in [0, 0.05) is 25.4 Å². The van der Waals surface area contributed by atoms with Gasteiger partial charge in [0.1, 0.15) is 0 Å². The Balaban J connectivity index is 1.96. The number of imide groups is 1. The number of benzene rings is 1. The number of halogens is 1. The van der Waals surface area contributed by atoms with E-state index in [9.17, 15) is 9.59 Å². The van der Waals surface area contributed by atoms with Crippen molar-refractivity contribution >= 4 is 23.5 Å². The molecule has 1 aliphatic rings. The fourth-order valence-corrected chi connectivity index (χ4v) is 2.19. The Morgan fingerprint density at radius 2 is 2.00 bits per heavy atom. The zero-order valence-corrected chi connectivity index (χ0v) is 10.7. The summed E-state index contributed by atoms with van der Waals surface area (Å²) in [6.45, 7) is 1.19. The lowest BCUT2D eigenvalue weighted by Gasteiger charge is -2.28. The van der Waals surface area contributed by atoms with Crippen LogP contribution >= 0.6 is 11.6 Å². The molecule has 1 N–H and O–H groups in total. The van der Waals surface area contributed by atoms with Crippen molar-refractivity contribution in [2.24, 2.45) is 0 Å². The number of amides is 3. The number of rotatable bonds is 2. The molecule has 18 heavy (non-hydrogen) atoms. The number of fused-ring (bicyclic) bond motifs is 1. The zero-order chi connectivity index (χ0) is 13.0. The van der Waals surface area contributed by atoms with Gasteiger partial charge in [-0.05, 0) is 17.5 Å². The quantitative estimate of drug-likeness (QED) is 0.832. The fourth-order valence-electron chi connectivity index (χ4n) is 2.02. The maximum absolute atomic E-state index is 11.8. The topological polar surface area (TPSA) is 49.4 Å². The minimum absolute atomic E-state index is 0.164. The van der Waals surface area contributed by atoms with Crippen molar-refractivity contribution in [1.82, 2.24) is 10.2 Å². The van der Waals surface area contributed by atoms with Crippen LogP contribution in [-0.2, 0) is 17.8 Å². The maximum Gasteiger partial charge on any atom is 0.324 e. The molecule has 1 aromatic rings. The molecule has 0 fully saturated rings. The van der Waals surface area contributed by atoms with Crippen molar-refractivity contribution in [2.45, 2.75) is 19.4 Å². The van der Waals surface area contributed by atoms with Crippen LogP contribution in [0.3, 0.4) is 0 Å². The van der Waals surface area contributed by atoms with Crippen molar-refractivity contribution in [1.29, 1.82) is 0 Å². The smallest absolute Gasteiger partial charge is 0.320 e. The van der Waals surface area contributed by atoms with Crippen LogP contribution in [0.5, 0.6) is 0 Å². The Kier molecular flexibility index (Phi) is 4.20. The summed E-state index contributed by atoms with van der Waals surface area (Å²) in [6.07, 6.45) is 0.991. The standard InChI is InChI=1S/C13H15ClN2O2/c14-7-5-12(17)15-13(18)16-8-6-10-3-1-2-4-11(10)9-16/h1-4H,5-9H2,(H,15,17,18). The molecule has 0 aliphatic carbocycles. The van der Waals surface area contributed by atoms with Gasteiger partial charge in [-0.25, -0.2) is 4.79 Å². The van der Waals surface area contributed by atoms with E-state index in [4.69, 9.17) is 11.6 Å². The molecule has 0 aromatic heterocycles.